The average molecular weight is 269 g/mol. The van der Waals surface area contributed by atoms with Gasteiger partial charge in [0.05, 0.1) is 24.7 Å². The molecule has 1 aromatic heterocycles. The van der Waals surface area contributed by atoms with Crippen LogP contribution in [0, 0.1) is 0 Å². The quantitative estimate of drug-likeness (QED) is 0.722. The molecule has 1 unspecified atom stereocenters. The Labute approximate surface area is 113 Å². The molecular formula is C13H23N3O3. The van der Waals surface area contributed by atoms with Gasteiger partial charge in [-0.1, -0.05) is 12.1 Å². The summed E-state index contributed by atoms with van der Waals surface area (Å²) >= 11 is 0. The van der Waals surface area contributed by atoms with Crippen LogP contribution >= 0.6 is 0 Å². The second-order valence-electron chi connectivity index (χ2n) is 5.15. The Balaban J connectivity index is 1.87. The van der Waals surface area contributed by atoms with E-state index in [1.165, 1.54) is 6.42 Å². The van der Waals surface area contributed by atoms with Crippen molar-refractivity contribution in [3.63, 3.8) is 0 Å². The lowest BCUT2D eigenvalue weighted by Crippen LogP contribution is -2.41. The van der Waals surface area contributed by atoms with Crippen LogP contribution < -0.4 is 5.73 Å². The van der Waals surface area contributed by atoms with Crippen LogP contribution in [0.4, 0.5) is 0 Å². The molecule has 1 aliphatic carbocycles. The molecule has 6 nitrogen and oxygen atoms in total. The number of rotatable bonds is 8. The summed E-state index contributed by atoms with van der Waals surface area (Å²) in [5.41, 5.74) is 5.85. The van der Waals surface area contributed by atoms with Gasteiger partial charge in [-0.15, -0.1) is 0 Å². The highest BCUT2D eigenvalue weighted by Crippen LogP contribution is 2.37. The molecule has 0 bridgehead atoms. The van der Waals surface area contributed by atoms with Crippen molar-refractivity contribution in [1.29, 1.82) is 0 Å². The summed E-state index contributed by atoms with van der Waals surface area (Å²) in [5.74, 6) is 1.11. The third-order valence-electron chi connectivity index (χ3n) is 3.63. The molecule has 6 heteroatoms. The second kappa shape index (κ2) is 6.45. The topological polar surface area (TPSA) is 83.4 Å². The normalized spacial score (nSPS) is 19.1. The molecule has 1 aromatic rings. The number of hydrogen-bond acceptors (Lipinski definition) is 6. The van der Waals surface area contributed by atoms with E-state index in [9.17, 15) is 0 Å². The van der Waals surface area contributed by atoms with Crippen molar-refractivity contribution in [3.05, 3.63) is 11.7 Å². The first kappa shape index (κ1) is 14.4. The van der Waals surface area contributed by atoms with Crippen LogP contribution in [0.25, 0.3) is 0 Å². The van der Waals surface area contributed by atoms with Gasteiger partial charge in [0.2, 0.25) is 5.89 Å². The van der Waals surface area contributed by atoms with E-state index in [1.807, 2.05) is 0 Å². The Kier molecular flexibility index (Phi) is 4.90. The molecule has 1 saturated carbocycles. The molecule has 0 radical (unpaired) electrons. The summed E-state index contributed by atoms with van der Waals surface area (Å²) in [5, 5.41) is 3.93. The van der Waals surface area contributed by atoms with Crippen LogP contribution in [-0.4, -0.2) is 36.1 Å². The van der Waals surface area contributed by atoms with E-state index in [0.717, 1.165) is 19.3 Å². The Morgan fingerprint density at radius 3 is 2.84 bits per heavy atom. The second-order valence-corrected chi connectivity index (χ2v) is 5.15. The van der Waals surface area contributed by atoms with E-state index in [4.69, 9.17) is 19.7 Å². The Morgan fingerprint density at radius 1 is 1.47 bits per heavy atom. The lowest BCUT2D eigenvalue weighted by atomic mass is 9.77. The Hall–Kier alpha value is -0.980. The van der Waals surface area contributed by atoms with Gasteiger partial charge in [-0.25, -0.2) is 0 Å². The first-order chi connectivity index (χ1) is 9.19. The van der Waals surface area contributed by atoms with Crippen molar-refractivity contribution in [1.82, 2.24) is 10.1 Å². The summed E-state index contributed by atoms with van der Waals surface area (Å²) in [6.45, 7) is 3.17. The van der Waals surface area contributed by atoms with Gasteiger partial charge in [0.15, 0.2) is 5.82 Å². The van der Waals surface area contributed by atoms with E-state index in [-0.39, 0.29) is 11.6 Å². The molecule has 108 valence electrons. The monoisotopic (exact) mass is 269 g/mol. The fraction of sp³-hybridized carbons (Fsp3) is 0.846. The van der Waals surface area contributed by atoms with Crippen LogP contribution in [0.1, 0.15) is 50.4 Å². The SMILES string of the molecule is CCCOCC(N)c1noc(CC2(OC)CCC2)n1. The minimum atomic E-state index is -0.330. The third-order valence-corrected chi connectivity index (χ3v) is 3.63. The summed E-state index contributed by atoms with van der Waals surface area (Å²) in [6, 6.07) is -0.330. The van der Waals surface area contributed by atoms with E-state index < -0.39 is 0 Å². The maximum absolute atomic E-state index is 5.95. The smallest absolute Gasteiger partial charge is 0.229 e. The molecule has 0 amide bonds. The van der Waals surface area contributed by atoms with Gasteiger partial charge in [0, 0.05) is 13.7 Å². The van der Waals surface area contributed by atoms with Gasteiger partial charge < -0.3 is 19.7 Å². The minimum absolute atomic E-state index is 0.105. The van der Waals surface area contributed by atoms with Crippen molar-refractivity contribution >= 4 is 0 Å². The Morgan fingerprint density at radius 2 is 2.26 bits per heavy atom. The summed E-state index contributed by atoms with van der Waals surface area (Å²) in [6.07, 6.45) is 4.93. The predicted octanol–water partition coefficient (Wildman–Crippen LogP) is 1.61. The highest BCUT2D eigenvalue weighted by Gasteiger charge is 2.39. The molecule has 0 aromatic carbocycles. The average Bonchev–Trinajstić information content (AvgIpc) is 2.82. The summed E-state index contributed by atoms with van der Waals surface area (Å²) < 4.78 is 16.2. The number of ether oxygens (including phenoxy) is 2. The number of aromatic nitrogens is 2. The predicted molar refractivity (Wildman–Crippen MR) is 69.6 cm³/mol. The zero-order valence-corrected chi connectivity index (χ0v) is 11.7. The molecule has 1 fully saturated rings. The summed E-state index contributed by atoms with van der Waals surface area (Å²) in [4.78, 5) is 4.34. The van der Waals surface area contributed by atoms with Crippen molar-refractivity contribution in [2.75, 3.05) is 20.3 Å². The summed E-state index contributed by atoms with van der Waals surface area (Å²) in [7, 11) is 1.74. The minimum Gasteiger partial charge on any atom is -0.379 e. The fourth-order valence-electron chi connectivity index (χ4n) is 2.22. The van der Waals surface area contributed by atoms with E-state index in [2.05, 4.69) is 17.1 Å². The molecule has 1 heterocycles. The van der Waals surface area contributed by atoms with Gasteiger partial charge in [-0.3, -0.25) is 0 Å². The van der Waals surface area contributed by atoms with Crippen molar-refractivity contribution in [3.8, 4) is 0 Å². The van der Waals surface area contributed by atoms with Gasteiger partial charge in [-0.05, 0) is 25.7 Å². The van der Waals surface area contributed by atoms with Gasteiger partial charge >= 0.3 is 0 Å². The van der Waals surface area contributed by atoms with Crippen LogP contribution in [0.15, 0.2) is 4.52 Å². The maximum Gasteiger partial charge on any atom is 0.229 e. The number of nitrogens with zero attached hydrogens (tertiary/aromatic N) is 2. The number of hydrogen-bond donors (Lipinski definition) is 1. The molecule has 2 rings (SSSR count). The van der Waals surface area contributed by atoms with Gasteiger partial charge in [0.1, 0.15) is 0 Å². The van der Waals surface area contributed by atoms with Crippen molar-refractivity contribution < 1.29 is 14.0 Å². The zero-order chi connectivity index (χ0) is 13.7. The van der Waals surface area contributed by atoms with Crippen molar-refractivity contribution in [2.24, 2.45) is 5.73 Å². The molecule has 1 aliphatic rings. The fourth-order valence-corrected chi connectivity index (χ4v) is 2.22. The molecule has 1 atom stereocenters. The lowest BCUT2D eigenvalue weighted by molar-refractivity contribution is -0.0751. The van der Waals surface area contributed by atoms with E-state index >= 15 is 0 Å². The number of nitrogens with two attached hydrogens (primary N) is 1. The standard InChI is InChI=1S/C13H23N3O3/c1-3-7-18-9-10(14)12-15-11(19-16-12)8-13(17-2)5-4-6-13/h10H,3-9,14H2,1-2H3. The first-order valence-electron chi connectivity index (χ1n) is 6.90. The molecule has 0 spiro atoms. The molecular weight excluding hydrogens is 246 g/mol. The van der Waals surface area contributed by atoms with Crippen molar-refractivity contribution in [2.45, 2.75) is 50.7 Å². The highest BCUT2D eigenvalue weighted by atomic mass is 16.5. The molecule has 0 aliphatic heterocycles. The van der Waals surface area contributed by atoms with E-state index in [1.54, 1.807) is 7.11 Å². The number of methoxy groups -OCH3 is 1. The van der Waals surface area contributed by atoms with Crippen LogP contribution in [0.5, 0.6) is 0 Å². The first-order valence-corrected chi connectivity index (χ1v) is 6.90. The largest absolute Gasteiger partial charge is 0.379 e. The van der Waals surface area contributed by atoms with Gasteiger partial charge in [0.25, 0.3) is 0 Å². The van der Waals surface area contributed by atoms with Crippen LogP contribution in [-0.2, 0) is 15.9 Å². The highest BCUT2D eigenvalue weighted by molar-refractivity contribution is 5.00. The molecule has 2 N–H and O–H groups in total. The van der Waals surface area contributed by atoms with Crippen LogP contribution in [0.2, 0.25) is 0 Å². The van der Waals surface area contributed by atoms with Crippen LogP contribution in [0.3, 0.4) is 0 Å². The Bertz CT molecular complexity index is 385. The van der Waals surface area contributed by atoms with Gasteiger partial charge in [-0.2, -0.15) is 4.98 Å². The van der Waals surface area contributed by atoms with E-state index in [0.29, 0.717) is 31.3 Å². The lowest BCUT2D eigenvalue weighted by Gasteiger charge is -2.39. The zero-order valence-electron chi connectivity index (χ0n) is 11.7. The maximum atomic E-state index is 5.95. The molecule has 19 heavy (non-hydrogen) atoms. The third kappa shape index (κ3) is 3.52. The molecule has 0 saturated heterocycles.